The Morgan fingerprint density at radius 3 is 2.25 bits per heavy atom. The molecule has 3 aliphatic rings. The number of hydrogen-bond acceptors (Lipinski definition) is 4. The Labute approximate surface area is 182 Å². The van der Waals surface area contributed by atoms with Crippen LogP contribution in [-0.4, -0.2) is 32.1 Å². The Morgan fingerprint density at radius 2 is 1.69 bits per heavy atom. The summed E-state index contributed by atoms with van der Waals surface area (Å²) in [6.45, 7) is 0. The lowest BCUT2D eigenvalue weighted by molar-refractivity contribution is -0.124. The summed E-state index contributed by atoms with van der Waals surface area (Å²) in [7, 11) is 0. The summed E-state index contributed by atoms with van der Waals surface area (Å²) in [5.74, 6) is -8.32. The molecule has 6 nitrogen and oxygen atoms in total. The molecule has 2 unspecified atom stereocenters. The van der Waals surface area contributed by atoms with Crippen LogP contribution in [0.4, 0.5) is 17.6 Å². The van der Waals surface area contributed by atoms with Gasteiger partial charge in [0.2, 0.25) is 17.6 Å². The SMILES string of the molecule is NC(=O)C(C1CC1(F)F)[C@H](c1ccn2cc([C@@H](N)C3CCC(F)(F)CC3)nc2n1)C1CC1. The quantitative estimate of drug-likeness (QED) is 0.623. The lowest BCUT2D eigenvalue weighted by Gasteiger charge is -2.31. The van der Waals surface area contributed by atoms with E-state index in [0.717, 1.165) is 12.8 Å². The third-order valence-electron chi connectivity index (χ3n) is 7.47. The van der Waals surface area contributed by atoms with Crippen LogP contribution in [0.1, 0.15) is 68.3 Å². The van der Waals surface area contributed by atoms with Crippen LogP contribution >= 0.6 is 0 Å². The summed E-state index contributed by atoms with van der Waals surface area (Å²) in [5, 5.41) is 0. The van der Waals surface area contributed by atoms with Crippen molar-refractivity contribution in [1.82, 2.24) is 14.4 Å². The average Bonchev–Trinajstić information content (AvgIpc) is 3.61. The second-order valence-corrected chi connectivity index (χ2v) is 9.81. The Bertz CT molecular complexity index is 1030. The van der Waals surface area contributed by atoms with Crippen LogP contribution in [0, 0.1) is 23.7 Å². The summed E-state index contributed by atoms with van der Waals surface area (Å²) in [4.78, 5) is 21.3. The van der Waals surface area contributed by atoms with E-state index in [-0.39, 0.29) is 31.1 Å². The van der Waals surface area contributed by atoms with E-state index >= 15 is 0 Å². The number of carbonyl (C=O) groups is 1. The van der Waals surface area contributed by atoms with Crippen molar-refractivity contribution in [2.75, 3.05) is 0 Å². The predicted octanol–water partition coefficient (Wildman–Crippen LogP) is 3.80. The van der Waals surface area contributed by atoms with Crippen molar-refractivity contribution in [3.63, 3.8) is 0 Å². The van der Waals surface area contributed by atoms with Gasteiger partial charge in [-0.15, -0.1) is 0 Å². The summed E-state index contributed by atoms with van der Waals surface area (Å²) in [5.41, 5.74) is 13.0. The fraction of sp³-hybridized carbons (Fsp3) is 0.682. The van der Waals surface area contributed by atoms with Gasteiger partial charge in [-0.25, -0.2) is 27.5 Å². The minimum absolute atomic E-state index is 0.0884. The van der Waals surface area contributed by atoms with E-state index in [1.165, 1.54) is 0 Å². The number of nitrogens with two attached hydrogens (primary N) is 2. The van der Waals surface area contributed by atoms with E-state index < -0.39 is 41.5 Å². The number of fused-ring (bicyclic) bond motifs is 1. The number of halogens is 4. The molecular formula is C22H27F4N5O. The number of hydrogen-bond donors (Lipinski definition) is 2. The molecule has 4 atom stereocenters. The van der Waals surface area contributed by atoms with Crippen LogP contribution in [0.15, 0.2) is 18.5 Å². The molecule has 2 aromatic heterocycles. The Morgan fingerprint density at radius 1 is 1.06 bits per heavy atom. The lowest BCUT2D eigenvalue weighted by atomic mass is 9.81. The summed E-state index contributed by atoms with van der Waals surface area (Å²) in [6, 6.07) is 1.24. The topological polar surface area (TPSA) is 99.3 Å². The fourth-order valence-electron chi connectivity index (χ4n) is 5.34. The second-order valence-electron chi connectivity index (χ2n) is 9.81. The molecule has 0 bridgehead atoms. The smallest absolute Gasteiger partial charge is 0.252 e. The van der Waals surface area contributed by atoms with E-state index in [2.05, 4.69) is 9.97 Å². The summed E-state index contributed by atoms with van der Waals surface area (Å²) >= 11 is 0. The van der Waals surface area contributed by atoms with E-state index in [0.29, 0.717) is 30.0 Å². The molecule has 3 aliphatic carbocycles. The number of primary amides is 1. The predicted molar refractivity (Wildman–Crippen MR) is 108 cm³/mol. The molecular weight excluding hydrogens is 426 g/mol. The number of carbonyl (C=O) groups excluding carboxylic acids is 1. The van der Waals surface area contributed by atoms with Gasteiger partial charge in [-0.1, -0.05) is 0 Å². The molecule has 5 rings (SSSR count). The van der Waals surface area contributed by atoms with Crippen molar-refractivity contribution in [2.24, 2.45) is 35.1 Å². The van der Waals surface area contributed by atoms with Gasteiger partial charge in [0, 0.05) is 43.5 Å². The molecule has 3 saturated carbocycles. The largest absolute Gasteiger partial charge is 0.369 e. The maximum Gasteiger partial charge on any atom is 0.252 e. The Balaban J connectivity index is 1.41. The minimum Gasteiger partial charge on any atom is -0.369 e. The number of alkyl halides is 4. The van der Waals surface area contributed by atoms with Crippen LogP contribution in [0.25, 0.3) is 5.78 Å². The van der Waals surface area contributed by atoms with Crippen LogP contribution in [0.3, 0.4) is 0 Å². The first-order valence-electron chi connectivity index (χ1n) is 11.2. The molecule has 0 aliphatic heterocycles. The molecule has 32 heavy (non-hydrogen) atoms. The molecule has 174 valence electrons. The Kier molecular flexibility index (Phi) is 4.99. The third kappa shape index (κ3) is 3.97. The molecule has 4 N–H and O–H groups in total. The van der Waals surface area contributed by atoms with Crippen LogP contribution < -0.4 is 11.5 Å². The molecule has 1 amide bonds. The molecule has 2 heterocycles. The van der Waals surface area contributed by atoms with Crippen LogP contribution in [0.2, 0.25) is 0 Å². The first-order valence-corrected chi connectivity index (χ1v) is 11.2. The van der Waals surface area contributed by atoms with Crippen molar-refractivity contribution >= 4 is 11.7 Å². The highest BCUT2D eigenvalue weighted by atomic mass is 19.3. The van der Waals surface area contributed by atoms with E-state index in [1.54, 1.807) is 22.9 Å². The highest BCUT2D eigenvalue weighted by Gasteiger charge is 2.64. The zero-order chi connectivity index (χ0) is 22.8. The van der Waals surface area contributed by atoms with Gasteiger partial charge in [0.05, 0.1) is 23.3 Å². The highest BCUT2D eigenvalue weighted by molar-refractivity contribution is 5.79. The molecule has 0 aromatic carbocycles. The van der Waals surface area contributed by atoms with Gasteiger partial charge in [0.25, 0.3) is 5.92 Å². The average molecular weight is 453 g/mol. The second kappa shape index (κ2) is 7.40. The Hall–Kier alpha value is -2.23. The van der Waals surface area contributed by atoms with Crippen molar-refractivity contribution in [1.29, 1.82) is 0 Å². The van der Waals surface area contributed by atoms with Gasteiger partial charge in [0.15, 0.2) is 0 Å². The summed E-state index contributed by atoms with van der Waals surface area (Å²) in [6.07, 6.45) is 5.14. The fourth-order valence-corrected chi connectivity index (χ4v) is 5.34. The number of aromatic nitrogens is 3. The maximum atomic E-state index is 13.8. The molecule has 2 aromatic rings. The summed E-state index contributed by atoms with van der Waals surface area (Å²) < 4.78 is 56.3. The normalized spacial score (nSPS) is 27.7. The van der Waals surface area contributed by atoms with Gasteiger partial charge in [-0.05, 0) is 43.6 Å². The van der Waals surface area contributed by atoms with Gasteiger partial charge < -0.3 is 11.5 Å². The third-order valence-corrected chi connectivity index (χ3v) is 7.47. The zero-order valence-electron chi connectivity index (χ0n) is 17.6. The number of rotatable bonds is 7. The highest BCUT2D eigenvalue weighted by Crippen LogP contribution is 2.59. The van der Waals surface area contributed by atoms with Gasteiger partial charge in [-0.3, -0.25) is 9.20 Å². The van der Waals surface area contributed by atoms with Gasteiger partial charge in [-0.2, -0.15) is 0 Å². The standard InChI is InChI=1S/C22H27F4N5O/c23-21(24)6-3-12(4-7-21)18(27)15-10-31-8-5-14(29-20(31)30-15)16(11-1-2-11)17(19(28)32)13-9-22(13,25)26/h5,8,10-13,16-18H,1-4,6-7,9,27H2,(H2,28,32)/t13?,16-,17?,18-/m0/s1. The molecule has 10 heteroatoms. The number of amides is 1. The van der Waals surface area contributed by atoms with Crippen molar-refractivity contribution in [3.8, 4) is 0 Å². The monoisotopic (exact) mass is 453 g/mol. The number of imidazole rings is 1. The van der Waals surface area contributed by atoms with Crippen LogP contribution in [0.5, 0.6) is 0 Å². The van der Waals surface area contributed by atoms with E-state index in [9.17, 15) is 22.4 Å². The van der Waals surface area contributed by atoms with Crippen molar-refractivity contribution < 1.29 is 22.4 Å². The van der Waals surface area contributed by atoms with Crippen molar-refractivity contribution in [2.45, 2.75) is 68.8 Å². The minimum atomic E-state index is -2.86. The molecule has 0 saturated heterocycles. The molecule has 0 spiro atoms. The van der Waals surface area contributed by atoms with E-state index in [1.807, 2.05) is 0 Å². The number of nitrogens with zero attached hydrogens (tertiary/aromatic N) is 3. The lowest BCUT2D eigenvalue weighted by Crippen LogP contribution is -2.33. The first kappa shape index (κ1) is 21.6. The molecule has 0 radical (unpaired) electrons. The zero-order valence-corrected chi connectivity index (χ0v) is 17.6. The van der Waals surface area contributed by atoms with Crippen LogP contribution in [-0.2, 0) is 4.79 Å². The van der Waals surface area contributed by atoms with Crippen molar-refractivity contribution in [3.05, 3.63) is 29.8 Å². The van der Waals surface area contributed by atoms with Gasteiger partial charge >= 0.3 is 0 Å². The maximum absolute atomic E-state index is 13.8. The van der Waals surface area contributed by atoms with E-state index in [4.69, 9.17) is 11.5 Å². The molecule has 3 fully saturated rings. The first-order chi connectivity index (χ1) is 15.1. The van der Waals surface area contributed by atoms with Gasteiger partial charge in [0.1, 0.15) is 0 Å².